The van der Waals surface area contributed by atoms with Crippen LogP contribution in [0.4, 0.5) is 5.13 Å². The highest BCUT2D eigenvalue weighted by Gasteiger charge is 2.28. The van der Waals surface area contributed by atoms with Crippen LogP contribution in [0.15, 0.2) is 40.9 Å². The average Bonchev–Trinajstić information content (AvgIpc) is 3.26. The van der Waals surface area contributed by atoms with E-state index in [0.29, 0.717) is 34.1 Å². The van der Waals surface area contributed by atoms with Crippen molar-refractivity contribution in [2.45, 2.75) is 44.6 Å². The molecule has 3 aromatic rings. The quantitative estimate of drug-likeness (QED) is 0.661. The fraction of sp³-hybridized carbons (Fsp3) is 0.429. The molecule has 1 fully saturated rings. The van der Waals surface area contributed by atoms with E-state index in [0.717, 1.165) is 12.8 Å². The molecule has 1 N–H and O–H groups in total. The lowest BCUT2D eigenvalue weighted by Crippen LogP contribution is -2.35. The number of hydrogen-bond acceptors (Lipinski definition) is 6. The summed E-state index contributed by atoms with van der Waals surface area (Å²) >= 11 is 1.36. The Morgan fingerprint density at radius 1 is 1.31 bits per heavy atom. The van der Waals surface area contributed by atoms with E-state index in [1.165, 1.54) is 41.5 Å². The second kappa shape index (κ2) is 8.73. The number of benzene rings is 1. The number of fused-ring (bicyclic) bond motifs is 1. The number of carbonyl (C=O) groups excluding carboxylic acids is 1. The zero-order valence-electron chi connectivity index (χ0n) is 16.3. The van der Waals surface area contributed by atoms with Gasteiger partial charge in [0.05, 0.1) is 18.8 Å². The lowest BCUT2D eigenvalue weighted by Gasteiger charge is -2.27. The van der Waals surface area contributed by atoms with Crippen LogP contribution in [0.5, 0.6) is 5.75 Å². The van der Waals surface area contributed by atoms with Crippen molar-refractivity contribution in [2.24, 2.45) is 5.92 Å². The average molecular weight is 413 g/mol. The Morgan fingerprint density at radius 2 is 2.14 bits per heavy atom. The molecule has 1 saturated carbocycles. The summed E-state index contributed by atoms with van der Waals surface area (Å²) in [6.07, 6.45) is 9.50. The number of hydrogen-bond donors (Lipinski definition) is 1. The van der Waals surface area contributed by atoms with E-state index in [9.17, 15) is 9.59 Å². The van der Waals surface area contributed by atoms with Gasteiger partial charge in [-0.1, -0.05) is 38.2 Å². The van der Waals surface area contributed by atoms with Gasteiger partial charge in [-0.2, -0.15) is 0 Å². The molecule has 1 aliphatic carbocycles. The molecular formula is C21H24N4O3S. The largest absolute Gasteiger partial charge is 0.494 e. The first-order valence-corrected chi connectivity index (χ1v) is 10.8. The second-order valence-electron chi connectivity index (χ2n) is 7.40. The molecule has 4 rings (SSSR count). The smallest absolute Gasteiger partial charge is 0.262 e. The standard InChI is InChI=1S/C21H24N4O3S/c1-28-17-9-5-8-15-18(17)23-13-25(20(15)27)16(12-14-6-3-2-4-7-14)19(26)24-21-22-10-11-29-21/h5,8-11,13-14,16H,2-4,6-7,12H2,1H3,(H,22,24,26). The molecule has 0 aliphatic heterocycles. The summed E-state index contributed by atoms with van der Waals surface area (Å²) in [6.45, 7) is 0. The van der Waals surface area contributed by atoms with Gasteiger partial charge in [-0.05, 0) is 24.5 Å². The summed E-state index contributed by atoms with van der Waals surface area (Å²) in [4.78, 5) is 35.0. The maximum absolute atomic E-state index is 13.3. The van der Waals surface area contributed by atoms with Crippen molar-refractivity contribution in [3.63, 3.8) is 0 Å². The molecular weight excluding hydrogens is 388 g/mol. The molecule has 152 valence electrons. The van der Waals surface area contributed by atoms with Crippen LogP contribution in [-0.4, -0.2) is 27.6 Å². The van der Waals surface area contributed by atoms with Crippen molar-refractivity contribution in [2.75, 3.05) is 12.4 Å². The monoisotopic (exact) mass is 412 g/mol. The maximum atomic E-state index is 13.3. The van der Waals surface area contributed by atoms with E-state index >= 15 is 0 Å². The first-order chi connectivity index (χ1) is 14.2. The fourth-order valence-corrected chi connectivity index (χ4v) is 4.62. The molecule has 1 aliphatic rings. The third-order valence-corrected chi connectivity index (χ3v) is 6.27. The number of thiazole rings is 1. The number of rotatable bonds is 6. The molecule has 1 atom stereocenters. The van der Waals surface area contributed by atoms with Crippen LogP contribution in [0.2, 0.25) is 0 Å². The van der Waals surface area contributed by atoms with Gasteiger partial charge in [-0.25, -0.2) is 9.97 Å². The Labute approximate surface area is 172 Å². The molecule has 7 nitrogen and oxygen atoms in total. The third kappa shape index (κ3) is 4.17. The number of nitrogens with one attached hydrogen (secondary N) is 1. The number of ether oxygens (including phenoxy) is 1. The zero-order valence-corrected chi connectivity index (χ0v) is 17.2. The summed E-state index contributed by atoms with van der Waals surface area (Å²) < 4.78 is 6.80. The van der Waals surface area contributed by atoms with Crippen molar-refractivity contribution in [3.05, 3.63) is 46.5 Å². The maximum Gasteiger partial charge on any atom is 0.262 e. The van der Waals surface area contributed by atoms with Gasteiger partial charge in [0, 0.05) is 11.6 Å². The summed E-state index contributed by atoms with van der Waals surface area (Å²) in [6, 6.07) is 4.63. The fourth-order valence-electron chi connectivity index (χ4n) is 4.09. The predicted octanol–water partition coefficient (Wildman–Crippen LogP) is 4.01. The number of anilines is 1. The van der Waals surface area contributed by atoms with E-state index in [2.05, 4.69) is 15.3 Å². The first kappa shape index (κ1) is 19.6. The molecule has 1 amide bonds. The molecule has 0 radical (unpaired) electrons. The molecule has 29 heavy (non-hydrogen) atoms. The normalized spacial score (nSPS) is 15.9. The van der Waals surface area contributed by atoms with Gasteiger partial charge in [0.2, 0.25) is 5.91 Å². The summed E-state index contributed by atoms with van der Waals surface area (Å²) in [5.74, 6) is 0.739. The number of nitrogens with zero attached hydrogens (tertiary/aromatic N) is 3. The van der Waals surface area contributed by atoms with Crippen LogP contribution in [-0.2, 0) is 4.79 Å². The number of para-hydroxylation sites is 1. The van der Waals surface area contributed by atoms with Gasteiger partial charge in [0.15, 0.2) is 5.13 Å². The number of methoxy groups -OCH3 is 1. The third-order valence-electron chi connectivity index (χ3n) is 5.58. The molecule has 2 aromatic heterocycles. The summed E-state index contributed by atoms with van der Waals surface area (Å²) in [7, 11) is 1.55. The molecule has 1 aromatic carbocycles. The molecule has 2 heterocycles. The Balaban J connectivity index is 1.72. The summed E-state index contributed by atoms with van der Waals surface area (Å²) in [5, 5.41) is 5.65. The Bertz CT molecular complexity index is 1040. The lowest BCUT2D eigenvalue weighted by atomic mass is 9.84. The van der Waals surface area contributed by atoms with Gasteiger partial charge in [-0.15, -0.1) is 11.3 Å². The van der Waals surface area contributed by atoms with E-state index < -0.39 is 6.04 Å². The lowest BCUT2D eigenvalue weighted by molar-refractivity contribution is -0.120. The van der Waals surface area contributed by atoms with Crippen molar-refractivity contribution in [1.29, 1.82) is 0 Å². The SMILES string of the molecule is COc1cccc2c(=O)n(C(CC3CCCCC3)C(=O)Nc3nccs3)cnc12. The van der Waals surface area contributed by atoms with E-state index in [4.69, 9.17) is 4.74 Å². The number of aromatic nitrogens is 3. The van der Waals surface area contributed by atoms with Crippen LogP contribution in [0.25, 0.3) is 10.9 Å². The highest BCUT2D eigenvalue weighted by Crippen LogP contribution is 2.31. The van der Waals surface area contributed by atoms with Gasteiger partial charge in [0.25, 0.3) is 5.56 Å². The van der Waals surface area contributed by atoms with Crippen LogP contribution in [0, 0.1) is 5.92 Å². The number of carbonyl (C=O) groups is 1. The minimum absolute atomic E-state index is 0.225. The molecule has 1 unspecified atom stereocenters. The van der Waals surface area contributed by atoms with Crippen LogP contribution in [0.1, 0.15) is 44.6 Å². The van der Waals surface area contributed by atoms with Crippen LogP contribution in [0.3, 0.4) is 0 Å². The topological polar surface area (TPSA) is 86.1 Å². The molecule has 0 bridgehead atoms. The van der Waals surface area contributed by atoms with Gasteiger partial charge < -0.3 is 10.1 Å². The zero-order chi connectivity index (χ0) is 20.2. The number of amides is 1. The highest BCUT2D eigenvalue weighted by atomic mass is 32.1. The van der Waals surface area contributed by atoms with E-state index in [1.54, 1.807) is 31.5 Å². The Hall–Kier alpha value is -2.74. The van der Waals surface area contributed by atoms with Crippen molar-refractivity contribution in [3.8, 4) is 5.75 Å². The van der Waals surface area contributed by atoms with E-state index in [-0.39, 0.29) is 11.5 Å². The molecule has 0 saturated heterocycles. The Kier molecular flexibility index (Phi) is 5.89. The van der Waals surface area contributed by atoms with Crippen LogP contribution < -0.4 is 15.6 Å². The first-order valence-electron chi connectivity index (χ1n) is 9.91. The minimum Gasteiger partial charge on any atom is -0.494 e. The van der Waals surface area contributed by atoms with Gasteiger partial charge in [0.1, 0.15) is 17.3 Å². The van der Waals surface area contributed by atoms with Gasteiger partial charge >= 0.3 is 0 Å². The van der Waals surface area contributed by atoms with Gasteiger partial charge in [-0.3, -0.25) is 14.2 Å². The van der Waals surface area contributed by atoms with Crippen LogP contribution >= 0.6 is 11.3 Å². The van der Waals surface area contributed by atoms with Crippen molar-refractivity contribution >= 4 is 33.3 Å². The molecule has 0 spiro atoms. The summed E-state index contributed by atoms with van der Waals surface area (Å²) in [5.41, 5.74) is 0.275. The van der Waals surface area contributed by atoms with E-state index in [1.807, 2.05) is 5.38 Å². The molecule has 8 heteroatoms. The highest BCUT2D eigenvalue weighted by molar-refractivity contribution is 7.13. The van der Waals surface area contributed by atoms with Crippen molar-refractivity contribution < 1.29 is 9.53 Å². The Morgan fingerprint density at radius 3 is 2.86 bits per heavy atom. The minimum atomic E-state index is -0.627. The van der Waals surface area contributed by atoms with Crippen molar-refractivity contribution in [1.82, 2.24) is 14.5 Å². The predicted molar refractivity (Wildman–Crippen MR) is 114 cm³/mol. The second-order valence-corrected chi connectivity index (χ2v) is 8.29.